The molecule has 2 aromatic carbocycles. The Hall–Kier alpha value is -2.69. The predicted octanol–water partition coefficient (Wildman–Crippen LogP) is 3.89. The Bertz CT molecular complexity index is 690. The van der Waals surface area contributed by atoms with Crippen LogP contribution in [0.25, 0.3) is 0 Å². The maximum absolute atomic E-state index is 12.5. The molecule has 26 heavy (non-hydrogen) atoms. The van der Waals surface area contributed by atoms with Crippen molar-refractivity contribution in [1.82, 2.24) is 4.90 Å². The van der Waals surface area contributed by atoms with Gasteiger partial charge in [0.25, 0.3) is 0 Å². The summed E-state index contributed by atoms with van der Waals surface area (Å²) in [6.45, 7) is 9.44. The Morgan fingerprint density at radius 2 is 1.54 bits per heavy atom. The van der Waals surface area contributed by atoms with Crippen molar-refractivity contribution in [1.29, 1.82) is 0 Å². The van der Waals surface area contributed by atoms with Gasteiger partial charge in [-0.05, 0) is 50.2 Å². The van der Waals surface area contributed by atoms with Crippen LogP contribution < -0.4 is 15.1 Å². The Kier molecular flexibility index (Phi) is 6.00. The number of hydrogen-bond donors (Lipinski definition) is 1. The number of urea groups is 1. The molecule has 0 bridgehead atoms. The van der Waals surface area contributed by atoms with Crippen LogP contribution in [0.2, 0.25) is 0 Å². The average Bonchev–Trinajstić information content (AvgIpc) is 2.71. The molecule has 1 N–H and O–H groups in total. The van der Waals surface area contributed by atoms with Gasteiger partial charge in [-0.25, -0.2) is 4.79 Å². The highest BCUT2D eigenvalue weighted by Gasteiger charge is 2.21. The molecule has 2 aromatic rings. The van der Waals surface area contributed by atoms with Crippen LogP contribution in [-0.2, 0) is 0 Å². The molecule has 0 saturated carbocycles. The van der Waals surface area contributed by atoms with Gasteiger partial charge in [0, 0.05) is 56.3 Å². The van der Waals surface area contributed by atoms with E-state index in [-0.39, 0.29) is 6.03 Å². The minimum atomic E-state index is -0.0201. The first kappa shape index (κ1) is 18.1. The standard InChI is InChI=1S/C21H28N4O/c1-3-23(4-2)20-12-10-18(11-13-20)22-21(26)25-16-14-24(15-17-25)19-8-6-5-7-9-19/h5-13H,3-4,14-17H2,1-2H3,(H,22,26). The smallest absolute Gasteiger partial charge is 0.321 e. The van der Waals surface area contributed by atoms with Gasteiger partial charge >= 0.3 is 6.03 Å². The molecule has 1 fully saturated rings. The van der Waals surface area contributed by atoms with Gasteiger partial charge < -0.3 is 20.0 Å². The summed E-state index contributed by atoms with van der Waals surface area (Å²) in [7, 11) is 0. The Balaban J connectivity index is 1.53. The Morgan fingerprint density at radius 3 is 2.12 bits per heavy atom. The zero-order valence-corrected chi connectivity index (χ0v) is 15.7. The van der Waals surface area contributed by atoms with E-state index in [9.17, 15) is 4.79 Å². The van der Waals surface area contributed by atoms with Crippen molar-refractivity contribution in [2.45, 2.75) is 13.8 Å². The summed E-state index contributed by atoms with van der Waals surface area (Å²) in [4.78, 5) is 19.0. The molecule has 1 heterocycles. The third kappa shape index (κ3) is 4.28. The van der Waals surface area contributed by atoms with Gasteiger partial charge in [0.1, 0.15) is 0 Å². The Labute approximate surface area is 156 Å². The van der Waals surface area contributed by atoms with Gasteiger partial charge in [0.15, 0.2) is 0 Å². The summed E-state index contributed by atoms with van der Waals surface area (Å²) in [5, 5.41) is 3.02. The lowest BCUT2D eigenvalue weighted by molar-refractivity contribution is 0.208. The molecule has 2 amide bonds. The SMILES string of the molecule is CCN(CC)c1ccc(NC(=O)N2CCN(c3ccccc3)CC2)cc1. The van der Waals surface area contributed by atoms with E-state index in [2.05, 4.69) is 65.4 Å². The van der Waals surface area contributed by atoms with Crippen LogP contribution in [0.3, 0.4) is 0 Å². The minimum Gasteiger partial charge on any atom is -0.372 e. The second-order valence-corrected chi connectivity index (χ2v) is 6.46. The molecule has 1 saturated heterocycles. The highest BCUT2D eigenvalue weighted by Crippen LogP contribution is 2.19. The van der Waals surface area contributed by atoms with Crippen molar-refractivity contribution < 1.29 is 4.79 Å². The fourth-order valence-electron chi connectivity index (χ4n) is 3.35. The maximum atomic E-state index is 12.5. The van der Waals surface area contributed by atoms with Gasteiger partial charge in [-0.15, -0.1) is 0 Å². The van der Waals surface area contributed by atoms with Gasteiger partial charge in [0.2, 0.25) is 0 Å². The fourth-order valence-corrected chi connectivity index (χ4v) is 3.35. The number of nitrogens with one attached hydrogen (secondary N) is 1. The van der Waals surface area contributed by atoms with Crippen LogP contribution in [0.5, 0.6) is 0 Å². The van der Waals surface area contributed by atoms with Gasteiger partial charge in [-0.1, -0.05) is 18.2 Å². The quantitative estimate of drug-likeness (QED) is 0.887. The molecule has 0 radical (unpaired) electrons. The molecule has 5 heteroatoms. The van der Waals surface area contributed by atoms with E-state index in [1.807, 2.05) is 23.1 Å². The third-order valence-corrected chi connectivity index (χ3v) is 4.94. The average molecular weight is 352 g/mol. The molecule has 0 aromatic heterocycles. The number of amides is 2. The number of carbonyl (C=O) groups is 1. The van der Waals surface area contributed by atoms with Crippen molar-refractivity contribution in [3.8, 4) is 0 Å². The van der Waals surface area contributed by atoms with Crippen LogP contribution in [0.4, 0.5) is 21.9 Å². The molecule has 138 valence electrons. The van der Waals surface area contributed by atoms with Crippen molar-refractivity contribution in [2.24, 2.45) is 0 Å². The summed E-state index contributed by atoms with van der Waals surface area (Å²) in [5.41, 5.74) is 3.25. The molecule has 5 nitrogen and oxygen atoms in total. The highest BCUT2D eigenvalue weighted by molar-refractivity contribution is 5.89. The molecular weight excluding hydrogens is 324 g/mol. The maximum Gasteiger partial charge on any atom is 0.321 e. The molecule has 0 unspecified atom stereocenters. The predicted molar refractivity (Wildman–Crippen MR) is 109 cm³/mol. The Morgan fingerprint density at radius 1 is 0.923 bits per heavy atom. The van der Waals surface area contributed by atoms with Gasteiger partial charge in [-0.2, -0.15) is 0 Å². The monoisotopic (exact) mass is 352 g/mol. The van der Waals surface area contributed by atoms with Crippen molar-refractivity contribution in [3.63, 3.8) is 0 Å². The van der Waals surface area contributed by atoms with Crippen LogP contribution in [0.1, 0.15) is 13.8 Å². The number of rotatable bonds is 5. The summed E-state index contributed by atoms with van der Waals surface area (Å²) in [6.07, 6.45) is 0. The molecular formula is C21H28N4O. The summed E-state index contributed by atoms with van der Waals surface area (Å²) >= 11 is 0. The fraction of sp³-hybridized carbons (Fsp3) is 0.381. The third-order valence-electron chi connectivity index (χ3n) is 4.94. The molecule has 3 rings (SSSR count). The number of anilines is 3. The van der Waals surface area contributed by atoms with Crippen LogP contribution in [0.15, 0.2) is 54.6 Å². The number of carbonyl (C=O) groups excluding carboxylic acids is 1. The lowest BCUT2D eigenvalue weighted by Crippen LogP contribution is -2.50. The second-order valence-electron chi connectivity index (χ2n) is 6.46. The van der Waals surface area contributed by atoms with Crippen LogP contribution in [-0.4, -0.2) is 50.2 Å². The topological polar surface area (TPSA) is 38.8 Å². The number of benzene rings is 2. The van der Waals surface area contributed by atoms with Crippen LogP contribution in [0, 0.1) is 0 Å². The molecule has 1 aliphatic rings. The summed E-state index contributed by atoms with van der Waals surface area (Å²) in [6, 6.07) is 18.4. The largest absolute Gasteiger partial charge is 0.372 e. The first-order valence-corrected chi connectivity index (χ1v) is 9.42. The number of piperazine rings is 1. The number of nitrogens with zero attached hydrogens (tertiary/aromatic N) is 3. The molecule has 0 atom stereocenters. The zero-order chi connectivity index (χ0) is 18.4. The van der Waals surface area contributed by atoms with E-state index in [1.165, 1.54) is 11.4 Å². The van der Waals surface area contributed by atoms with E-state index in [0.717, 1.165) is 45.0 Å². The second kappa shape index (κ2) is 8.61. The molecule has 1 aliphatic heterocycles. The van der Waals surface area contributed by atoms with Crippen molar-refractivity contribution in [2.75, 3.05) is 54.4 Å². The number of hydrogen-bond acceptors (Lipinski definition) is 3. The first-order chi connectivity index (χ1) is 12.7. The van der Waals surface area contributed by atoms with Gasteiger partial charge in [0.05, 0.1) is 0 Å². The zero-order valence-electron chi connectivity index (χ0n) is 15.7. The van der Waals surface area contributed by atoms with Crippen LogP contribution >= 0.6 is 0 Å². The van der Waals surface area contributed by atoms with Crippen molar-refractivity contribution in [3.05, 3.63) is 54.6 Å². The first-order valence-electron chi connectivity index (χ1n) is 9.42. The lowest BCUT2D eigenvalue weighted by atomic mass is 10.2. The van der Waals surface area contributed by atoms with Gasteiger partial charge in [-0.3, -0.25) is 0 Å². The normalized spacial score (nSPS) is 14.2. The molecule has 0 spiro atoms. The van der Waals surface area contributed by atoms with E-state index < -0.39 is 0 Å². The highest BCUT2D eigenvalue weighted by atomic mass is 16.2. The lowest BCUT2D eigenvalue weighted by Gasteiger charge is -2.36. The van der Waals surface area contributed by atoms with Crippen molar-refractivity contribution >= 4 is 23.1 Å². The number of para-hydroxylation sites is 1. The van der Waals surface area contributed by atoms with E-state index in [1.54, 1.807) is 0 Å². The summed E-state index contributed by atoms with van der Waals surface area (Å²) in [5.74, 6) is 0. The molecule has 0 aliphatic carbocycles. The van der Waals surface area contributed by atoms with E-state index >= 15 is 0 Å². The minimum absolute atomic E-state index is 0.0201. The summed E-state index contributed by atoms with van der Waals surface area (Å²) < 4.78 is 0. The van der Waals surface area contributed by atoms with E-state index in [0.29, 0.717) is 0 Å². The van der Waals surface area contributed by atoms with E-state index in [4.69, 9.17) is 0 Å².